The van der Waals surface area contributed by atoms with E-state index in [-0.39, 0.29) is 5.60 Å². The summed E-state index contributed by atoms with van der Waals surface area (Å²) in [6.45, 7) is 7.30. The molecule has 1 unspecified atom stereocenters. The summed E-state index contributed by atoms with van der Waals surface area (Å²) in [5.74, 6) is 0. The Hall–Kier alpha value is -0.280. The first-order valence-electron chi connectivity index (χ1n) is 7.10. The zero-order valence-corrected chi connectivity index (χ0v) is 14.3. The van der Waals surface area contributed by atoms with Crippen molar-refractivity contribution in [3.8, 4) is 0 Å². The number of hydrogen-bond donors (Lipinski definition) is 1. The monoisotopic (exact) mass is 317 g/mol. The normalized spacial score (nSPS) is 13.5. The fourth-order valence-corrected chi connectivity index (χ4v) is 2.63. The Bertz CT molecular complexity index is 421. The number of likely N-dealkylation sites (N-methyl/N-ethyl adjacent to an activating group) is 1. The minimum atomic E-state index is -0.0859. The van der Waals surface area contributed by atoms with Crippen LogP contribution >= 0.6 is 23.2 Å². The molecule has 114 valence electrons. The maximum absolute atomic E-state index is 6.25. The van der Waals surface area contributed by atoms with Crippen LogP contribution in [0.5, 0.6) is 0 Å². The van der Waals surface area contributed by atoms with Crippen molar-refractivity contribution < 1.29 is 4.74 Å². The van der Waals surface area contributed by atoms with Crippen LogP contribution in [0.15, 0.2) is 18.2 Å². The van der Waals surface area contributed by atoms with Gasteiger partial charge in [-0.2, -0.15) is 0 Å². The minimum Gasteiger partial charge on any atom is -0.379 e. The van der Waals surface area contributed by atoms with Gasteiger partial charge >= 0.3 is 0 Å². The van der Waals surface area contributed by atoms with Gasteiger partial charge < -0.3 is 10.1 Å². The molecule has 0 bridgehead atoms. The zero-order valence-electron chi connectivity index (χ0n) is 12.8. The number of benzene rings is 1. The van der Waals surface area contributed by atoms with Gasteiger partial charge in [0, 0.05) is 23.2 Å². The number of nitrogens with one attached hydrogen (secondary N) is 1. The highest BCUT2D eigenvalue weighted by atomic mass is 35.5. The van der Waals surface area contributed by atoms with E-state index in [9.17, 15) is 0 Å². The molecule has 1 rings (SSSR count). The molecule has 4 heteroatoms. The smallest absolute Gasteiger partial charge is 0.0623 e. The van der Waals surface area contributed by atoms with Gasteiger partial charge in [-0.15, -0.1) is 0 Å². The molecular formula is C16H25Cl2NO. The Balaban J connectivity index is 2.66. The second kappa shape index (κ2) is 8.23. The van der Waals surface area contributed by atoms with Crippen molar-refractivity contribution >= 4 is 23.2 Å². The summed E-state index contributed by atoms with van der Waals surface area (Å²) in [6, 6.07) is 6.11. The van der Waals surface area contributed by atoms with Gasteiger partial charge in [0.1, 0.15) is 0 Å². The van der Waals surface area contributed by atoms with Crippen LogP contribution in [0.4, 0.5) is 0 Å². The van der Waals surface area contributed by atoms with Crippen LogP contribution in [0, 0.1) is 0 Å². The first kappa shape index (κ1) is 17.8. The maximum Gasteiger partial charge on any atom is 0.0623 e. The lowest BCUT2D eigenvalue weighted by Gasteiger charge is -2.26. The van der Waals surface area contributed by atoms with E-state index < -0.39 is 0 Å². The van der Waals surface area contributed by atoms with E-state index in [1.807, 2.05) is 12.1 Å². The second-order valence-corrected chi connectivity index (χ2v) is 6.54. The fourth-order valence-electron chi connectivity index (χ4n) is 2.14. The Kier molecular flexibility index (Phi) is 7.32. The molecule has 0 heterocycles. The molecule has 0 saturated heterocycles. The average molecular weight is 318 g/mol. The van der Waals surface area contributed by atoms with Crippen LogP contribution in [-0.2, 0) is 11.2 Å². The van der Waals surface area contributed by atoms with Crippen LogP contribution in [0.25, 0.3) is 0 Å². The Morgan fingerprint density at radius 2 is 2.00 bits per heavy atom. The van der Waals surface area contributed by atoms with Crippen LogP contribution in [0.2, 0.25) is 10.0 Å². The molecule has 0 radical (unpaired) electrons. The van der Waals surface area contributed by atoms with Gasteiger partial charge in [-0.25, -0.2) is 0 Å². The summed E-state index contributed by atoms with van der Waals surface area (Å²) in [7, 11) is 1.76. The molecule has 0 aliphatic heterocycles. The van der Waals surface area contributed by atoms with E-state index in [0.717, 1.165) is 36.4 Å². The second-order valence-electron chi connectivity index (χ2n) is 5.70. The molecule has 20 heavy (non-hydrogen) atoms. The minimum absolute atomic E-state index is 0.0859. The number of methoxy groups -OCH3 is 1. The van der Waals surface area contributed by atoms with Gasteiger partial charge in [-0.3, -0.25) is 0 Å². The number of hydrogen-bond acceptors (Lipinski definition) is 2. The van der Waals surface area contributed by atoms with Crippen molar-refractivity contribution in [2.75, 3.05) is 13.7 Å². The summed E-state index contributed by atoms with van der Waals surface area (Å²) in [6.07, 6.45) is 2.96. The van der Waals surface area contributed by atoms with Crippen molar-refractivity contribution in [2.45, 2.75) is 51.7 Å². The van der Waals surface area contributed by atoms with Crippen molar-refractivity contribution in [3.05, 3.63) is 33.8 Å². The maximum atomic E-state index is 6.25. The van der Waals surface area contributed by atoms with E-state index >= 15 is 0 Å². The van der Waals surface area contributed by atoms with Crippen LogP contribution in [-0.4, -0.2) is 25.3 Å². The Labute approximate surface area is 132 Å². The predicted octanol–water partition coefficient (Wildman–Crippen LogP) is 4.72. The van der Waals surface area contributed by atoms with Crippen LogP contribution in [0.1, 0.15) is 39.2 Å². The third-order valence-electron chi connectivity index (χ3n) is 3.62. The largest absolute Gasteiger partial charge is 0.379 e. The third-order valence-corrected chi connectivity index (χ3v) is 4.21. The molecule has 2 nitrogen and oxygen atoms in total. The molecule has 1 aromatic carbocycles. The highest BCUT2D eigenvalue weighted by Crippen LogP contribution is 2.24. The molecule has 0 aromatic heterocycles. The molecule has 1 N–H and O–H groups in total. The summed E-state index contributed by atoms with van der Waals surface area (Å²) in [5.41, 5.74) is 1.05. The highest BCUT2D eigenvalue weighted by Gasteiger charge is 2.19. The SMILES string of the molecule is CCNC(CCC(C)(C)OC)Cc1ccc(Cl)cc1Cl. The number of rotatable bonds is 8. The van der Waals surface area contributed by atoms with Gasteiger partial charge in [0.15, 0.2) is 0 Å². The topological polar surface area (TPSA) is 21.3 Å². The summed E-state index contributed by atoms with van der Waals surface area (Å²) in [4.78, 5) is 0. The lowest BCUT2D eigenvalue weighted by molar-refractivity contribution is 0.0117. The fraction of sp³-hybridized carbons (Fsp3) is 0.625. The molecule has 0 amide bonds. The van der Waals surface area contributed by atoms with Gasteiger partial charge in [0.25, 0.3) is 0 Å². The molecule has 1 aromatic rings. The lowest BCUT2D eigenvalue weighted by Crippen LogP contribution is -2.34. The van der Waals surface area contributed by atoms with Gasteiger partial charge in [0.05, 0.1) is 5.60 Å². The average Bonchev–Trinajstić information content (AvgIpc) is 2.39. The molecule has 0 aliphatic rings. The van der Waals surface area contributed by atoms with Gasteiger partial charge in [-0.05, 0) is 57.4 Å². The molecule has 0 fully saturated rings. The van der Waals surface area contributed by atoms with Crippen molar-refractivity contribution in [3.63, 3.8) is 0 Å². The predicted molar refractivity (Wildman–Crippen MR) is 88.0 cm³/mol. The van der Waals surface area contributed by atoms with Gasteiger partial charge in [0.2, 0.25) is 0 Å². The van der Waals surface area contributed by atoms with Gasteiger partial charge in [-0.1, -0.05) is 36.2 Å². The van der Waals surface area contributed by atoms with E-state index in [4.69, 9.17) is 27.9 Å². The first-order chi connectivity index (χ1) is 9.38. The van der Waals surface area contributed by atoms with Crippen molar-refractivity contribution in [1.29, 1.82) is 0 Å². The summed E-state index contributed by atoms with van der Waals surface area (Å²) >= 11 is 12.2. The summed E-state index contributed by atoms with van der Waals surface area (Å²) < 4.78 is 5.48. The molecule has 1 atom stereocenters. The van der Waals surface area contributed by atoms with E-state index in [1.165, 1.54) is 0 Å². The Morgan fingerprint density at radius 3 is 2.55 bits per heavy atom. The quantitative estimate of drug-likeness (QED) is 0.749. The zero-order chi connectivity index (χ0) is 15.2. The highest BCUT2D eigenvalue weighted by molar-refractivity contribution is 6.35. The molecule has 0 saturated carbocycles. The molecule has 0 aliphatic carbocycles. The molecular weight excluding hydrogens is 293 g/mol. The molecule has 0 spiro atoms. The standard InChI is InChI=1S/C16H25Cl2NO/c1-5-19-14(8-9-16(2,3)20-4)10-12-6-7-13(17)11-15(12)18/h6-7,11,14,19H,5,8-10H2,1-4H3. The van der Waals surface area contributed by atoms with Crippen LogP contribution in [0.3, 0.4) is 0 Å². The Morgan fingerprint density at radius 1 is 1.30 bits per heavy atom. The number of ether oxygens (including phenoxy) is 1. The lowest BCUT2D eigenvalue weighted by atomic mass is 9.95. The van der Waals surface area contributed by atoms with E-state index in [0.29, 0.717) is 11.1 Å². The summed E-state index contributed by atoms with van der Waals surface area (Å²) in [5, 5.41) is 4.94. The first-order valence-corrected chi connectivity index (χ1v) is 7.86. The van der Waals surface area contributed by atoms with Crippen molar-refractivity contribution in [2.24, 2.45) is 0 Å². The van der Waals surface area contributed by atoms with Crippen molar-refractivity contribution in [1.82, 2.24) is 5.32 Å². The van der Waals surface area contributed by atoms with Crippen LogP contribution < -0.4 is 5.32 Å². The van der Waals surface area contributed by atoms with E-state index in [1.54, 1.807) is 13.2 Å². The number of halogens is 2. The van der Waals surface area contributed by atoms with E-state index in [2.05, 4.69) is 26.1 Å². The third kappa shape index (κ3) is 6.01.